The third kappa shape index (κ3) is 4.21. The van der Waals surface area contributed by atoms with E-state index in [0.717, 1.165) is 30.4 Å². The summed E-state index contributed by atoms with van der Waals surface area (Å²) in [7, 11) is 0. The minimum Gasteiger partial charge on any atom is -0.372 e. The fourth-order valence-corrected chi connectivity index (χ4v) is 4.70. The quantitative estimate of drug-likeness (QED) is 0.397. The molecule has 0 radical (unpaired) electrons. The van der Waals surface area contributed by atoms with E-state index in [9.17, 15) is 9.18 Å². The maximum Gasteiger partial charge on any atom is 0.252 e. The van der Waals surface area contributed by atoms with Crippen LogP contribution in [0.5, 0.6) is 0 Å². The molecule has 5 rings (SSSR count). The Labute approximate surface area is 185 Å². The molecule has 2 aromatic rings. The van der Waals surface area contributed by atoms with Crippen LogP contribution in [-0.2, 0) is 20.7 Å². The van der Waals surface area contributed by atoms with E-state index in [4.69, 9.17) is 15.0 Å². The minimum atomic E-state index is -0.710. The van der Waals surface area contributed by atoms with E-state index in [-0.39, 0.29) is 43.0 Å². The summed E-state index contributed by atoms with van der Waals surface area (Å²) in [6.07, 6.45) is 2.21. The molecule has 1 unspecified atom stereocenters. The number of fused-ring (bicyclic) bond motifs is 1. The molecule has 32 heavy (non-hydrogen) atoms. The molecule has 1 saturated carbocycles. The van der Waals surface area contributed by atoms with Crippen molar-refractivity contribution in [1.82, 2.24) is 4.90 Å². The number of nitrogens with zero attached hydrogens (tertiary/aromatic N) is 4. The lowest BCUT2D eigenvalue weighted by Gasteiger charge is -2.41. The van der Waals surface area contributed by atoms with Crippen molar-refractivity contribution >= 4 is 5.91 Å². The number of amides is 1. The van der Waals surface area contributed by atoms with Crippen molar-refractivity contribution in [3.63, 3.8) is 0 Å². The summed E-state index contributed by atoms with van der Waals surface area (Å²) in [6, 6.07) is 13.6. The van der Waals surface area contributed by atoms with Crippen LogP contribution in [-0.4, -0.2) is 48.3 Å². The van der Waals surface area contributed by atoms with Gasteiger partial charge in [-0.25, -0.2) is 4.39 Å². The molecular weight excluding hydrogens is 411 g/mol. The Morgan fingerprint density at radius 3 is 2.72 bits per heavy atom. The van der Waals surface area contributed by atoms with E-state index in [1.807, 2.05) is 23.1 Å². The molecule has 4 atom stereocenters. The summed E-state index contributed by atoms with van der Waals surface area (Å²) >= 11 is 0. The minimum absolute atomic E-state index is 0.142. The van der Waals surface area contributed by atoms with Crippen LogP contribution in [0.15, 0.2) is 53.6 Å². The molecule has 1 amide bonds. The van der Waals surface area contributed by atoms with Crippen LogP contribution in [0.4, 0.5) is 4.39 Å². The smallest absolute Gasteiger partial charge is 0.252 e. The average molecular weight is 436 g/mol. The third-order valence-electron chi connectivity index (χ3n) is 6.47. The molecule has 0 bridgehead atoms. The highest BCUT2D eigenvalue weighted by Crippen LogP contribution is 2.37. The van der Waals surface area contributed by atoms with Gasteiger partial charge >= 0.3 is 0 Å². The highest BCUT2D eigenvalue weighted by atomic mass is 19.1. The monoisotopic (exact) mass is 436 g/mol. The molecule has 0 spiro atoms. The SMILES string of the molecule is [N-]=[N+]=NC1C[C@H](C(=O)N2CCc3ccccc3[C@@H]2c2ccc(F)cc2)OC[C@@H]1OC1CC1. The number of hydrogen-bond donors (Lipinski definition) is 0. The Hall–Kier alpha value is -2.93. The summed E-state index contributed by atoms with van der Waals surface area (Å²) in [5, 5.41) is 3.91. The van der Waals surface area contributed by atoms with Gasteiger partial charge in [0.25, 0.3) is 5.91 Å². The van der Waals surface area contributed by atoms with Crippen LogP contribution >= 0.6 is 0 Å². The zero-order chi connectivity index (χ0) is 22.1. The van der Waals surface area contributed by atoms with Gasteiger partial charge < -0.3 is 14.4 Å². The first kappa shape index (κ1) is 20.9. The van der Waals surface area contributed by atoms with Crippen LogP contribution in [0.2, 0.25) is 0 Å². The Balaban J connectivity index is 1.41. The normalized spacial score (nSPS) is 27.3. The number of carbonyl (C=O) groups excluding carboxylic acids is 1. The number of halogens is 1. The van der Waals surface area contributed by atoms with Gasteiger partial charge in [-0.1, -0.05) is 41.5 Å². The highest BCUT2D eigenvalue weighted by Gasteiger charge is 2.42. The third-order valence-corrected chi connectivity index (χ3v) is 6.47. The molecule has 2 aliphatic heterocycles. The molecule has 1 aliphatic carbocycles. The number of rotatable bonds is 5. The predicted octanol–water partition coefficient (Wildman–Crippen LogP) is 4.32. The van der Waals surface area contributed by atoms with Crippen LogP contribution in [0.3, 0.4) is 0 Å². The van der Waals surface area contributed by atoms with Crippen molar-refractivity contribution in [3.8, 4) is 0 Å². The largest absolute Gasteiger partial charge is 0.372 e. The molecule has 1 saturated heterocycles. The molecule has 2 aromatic carbocycles. The van der Waals surface area contributed by atoms with E-state index < -0.39 is 12.1 Å². The van der Waals surface area contributed by atoms with Gasteiger partial charge in [0.2, 0.25) is 0 Å². The molecule has 0 N–H and O–H groups in total. The van der Waals surface area contributed by atoms with Gasteiger partial charge in [-0.15, -0.1) is 0 Å². The Bertz CT molecular complexity index is 1040. The van der Waals surface area contributed by atoms with E-state index in [0.29, 0.717) is 6.54 Å². The van der Waals surface area contributed by atoms with Crippen molar-refractivity contribution in [2.75, 3.05) is 13.2 Å². The van der Waals surface area contributed by atoms with Gasteiger partial charge in [-0.2, -0.15) is 0 Å². The molecule has 2 heterocycles. The maximum absolute atomic E-state index is 13.7. The Morgan fingerprint density at radius 1 is 1.19 bits per heavy atom. The Kier molecular flexibility index (Phi) is 5.83. The van der Waals surface area contributed by atoms with E-state index >= 15 is 0 Å². The standard InChI is InChI=1S/C24H25FN4O3/c25-17-7-5-16(6-8-17)23-19-4-2-1-3-15(19)11-12-29(23)24(30)21-13-20(27-28-26)22(14-31-21)32-18-9-10-18/h1-8,18,20-23H,9-14H2/t20?,21-,22+,23+/m1/s1. The first-order chi connectivity index (χ1) is 15.6. The number of ether oxygens (including phenoxy) is 2. The van der Waals surface area contributed by atoms with Crippen molar-refractivity contribution in [2.24, 2.45) is 5.11 Å². The second-order valence-corrected chi connectivity index (χ2v) is 8.64. The molecule has 0 aromatic heterocycles. The summed E-state index contributed by atoms with van der Waals surface area (Å²) in [5.41, 5.74) is 12.1. The zero-order valence-corrected chi connectivity index (χ0v) is 17.6. The molecule has 3 aliphatic rings. The summed E-state index contributed by atoms with van der Waals surface area (Å²) in [6.45, 7) is 0.758. The van der Waals surface area contributed by atoms with Gasteiger partial charge in [0.15, 0.2) is 0 Å². The molecule has 2 fully saturated rings. The van der Waals surface area contributed by atoms with Crippen molar-refractivity contribution in [1.29, 1.82) is 0 Å². The molecule has 166 valence electrons. The number of benzene rings is 2. The topological polar surface area (TPSA) is 87.5 Å². The van der Waals surface area contributed by atoms with Crippen LogP contribution < -0.4 is 0 Å². The number of carbonyl (C=O) groups is 1. The van der Waals surface area contributed by atoms with Crippen molar-refractivity contribution < 1.29 is 18.7 Å². The zero-order valence-electron chi connectivity index (χ0n) is 17.6. The van der Waals surface area contributed by atoms with Gasteiger partial charge in [0, 0.05) is 11.5 Å². The summed E-state index contributed by atoms with van der Waals surface area (Å²) in [4.78, 5) is 18.4. The summed E-state index contributed by atoms with van der Waals surface area (Å²) < 4.78 is 25.5. The van der Waals surface area contributed by atoms with Gasteiger partial charge in [-0.05, 0) is 60.0 Å². The van der Waals surface area contributed by atoms with Crippen LogP contribution in [0.1, 0.15) is 42.0 Å². The lowest BCUT2D eigenvalue weighted by atomic mass is 9.87. The predicted molar refractivity (Wildman–Crippen MR) is 115 cm³/mol. The van der Waals surface area contributed by atoms with Gasteiger partial charge in [0.1, 0.15) is 11.9 Å². The average Bonchev–Trinajstić information content (AvgIpc) is 3.64. The highest BCUT2D eigenvalue weighted by molar-refractivity contribution is 5.82. The summed E-state index contributed by atoms with van der Waals surface area (Å²) in [5.74, 6) is -0.456. The van der Waals surface area contributed by atoms with Gasteiger partial charge in [-0.3, -0.25) is 4.79 Å². The number of hydrogen-bond acceptors (Lipinski definition) is 4. The first-order valence-electron chi connectivity index (χ1n) is 11.1. The molecule has 8 heteroatoms. The second-order valence-electron chi connectivity index (χ2n) is 8.64. The maximum atomic E-state index is 13.7. The van der Waals surface area contributed by atoms with Crippen molar-refractivity contribution in [3.05, 3.63) is 81.5 Å². The fourth-order valence-electron chi connectivity index (χ4n) is 4.70. The molecule has 7 nitrogen and oxygen atoms in total. The lowest BCUT2D eigenvalue weighted by Crippen LogP contribution is -2.51. The first-order valence-corrected chi connectivity index (χ1v) is 11.1. The lowest BCUT2D eigenvalue weighted by molar-refractivity contribution is -0.158. The van der Waals surface area contributed by atoms with E-state index in [1.165, 1.54) is 17.7 Å². The number of azide groups is 1. The van der Waals surface area contributed by atoms with Crippen LogP contribution in [0.25, 0.3) is 10.4 Å². The van der Waals surface area contributed by atoms with E-state index in [1.54, 1.807) is 12.1 Å². The van der Waals surface area contributed by atoms with Gasteiger partial charge in [0.05, 0.1) is 30.9 Å². The molecular formula is C24H25FN4O3. The van der Waals surface area contributed by atoms with Crippen LogP contribution in [0, 0.1) is 5.82 Å². The second kappa shape index (κ2) is 8.90. The van der Waals surface area contributed by atoms with E-state index in [2.05, 4.69) is 16.1 Å². The van der Waals surface area contributed by atoms with Crippen molar-refractivity contribution in [2.45, 2.75) is 56.1 Å². The Morgan fingerprint density at radius 2 is 1.97 bits per heavy atom. The fraction of sp³-hybridized carbons (Fsp3) is 0.458.